The molecule has 1 amide bonds. The molecule has 2 aromatic heterocycles. The van der Waals surface area contributed by atoms with E-state index in [0.717, 1.165) is 5.56 Å². The molecule has 0 aliphatic carbocycles. The zero-order valence-corrected chi connectivity index (χ0v) is 16.0. The highest BCUT2D eigenvalue weighted by Gasteiger charge is 2.22. The zero-order chi connectivity index (χ0) is 20.2. The first kappa shape index (κ1) is 18.9. The van der Waals surface area contributed by atoms with Gasteiger partial charge in [-0.2, -0.15) is 9.97 Å². The number of carbonyl (C=O) groups is 1. The van der Waals surface area contributed by atoms with Crippen LogP contribution in [0.2, 0.25) is 0 Å². The SMILES string of the molecule is COc1nc(N2CCOCC2)c2[nH]cc(C(=O)NCc3ccccc3)c(=O)c2n1. The van der Waals surface area contributed by atoms with Crippen LogP contribution in [0, 0.1) is 0 Å². The number of rotatable bonds is 5. The van der Waals surface area contributed by atoms with Gasteiger partial charge in [0.15, 0.2) is 5.82 Å². The molecule has 29 heavy (non-hydrogen) atoms. The van der Waals surface area contributed by atoms with Crippen molar-refractivity contribution in [1.29, 1.82) is 0 Å². The highest BCUT2D eigenvalue weighted by Crippen LogP contribution is 2.23. The Morgan fingerprint density at radius 3 is 2.72 bits per heavy atom. The van der Waals surface area contributed by atoms with Crippen molar-refractivity contribution in [2.24, 2.45) is 0 Å². The van der Waals surface area contributed by atoms with E-state index in [1.165, 1.54) is 13.3 Å². The Morgan fingerprint density at radius 1 is 1.24 bits per heavy atom. The van der Waals surface area contributed by atoms with Gasteiger partial charge in [0.2, 0.25) is 5.43 Å². The van der Waals surface area contributed by atoms with Crippen molar-refractivity contribution in [1.82, 2.24) is 20.3 Å². The molecule has 0 atom stereocenters. The molecule has 0 spiro atoms. The van der Waals surface area contributed by atoms with Crippen LogP contribution in [0.3, 0.4) is 0 Å². The molecule has 9 nitrogen and oxygen atoms in total. The summed E-state index contributed by atoms with van der Waals surface area (Å²) in [6.07, 6.45) is 1.41. The first-order valence-electron chi connectivity index (χ1n) is 9.29. The molecule has 0 unspecified atom stereocenters. The number of aromatic amines is 1. The second-order valence-electron chi connectivity index (χ2n) is 6.56. The lowest BCUT2D eigenvalue weighted by molar-refractivity contribution is 0.0949. The third-order valence-corrected chi connectivity index (χ3v) is 4.72. The van der Waals surface area contributed by atoms with E-state index in [0.29, 0.717) is 44.2 Å². The highest BCUT2D eigenvalue weighted by atomic mass is 16.5. The first-order chi connectivity index (χ1) is 14.2. The maximum Gasteiger partial charge on any atom is 0.318 e. The number of nitrogens with one attached hydrogen (secondary N) is 2. The quantitative estimate of drug-likeness (QED) is 0.666. The number of hydrogen-bond donors (Lipinski definition) is 2. The molecule has 9 heteroatoms. The fraction of sp³-hybridized carbons (Fsp3) is 0.300. The van der Waals surface area contributed by atoms with Gasteiger partial charge in [-0.15, -0.1) is 0 Å². The largest absolute Gasteiger partial charge is 0.467 e. The summed E-state index contributed by atoms with van der Waals surface area (Å²) in [7, 11) is 1.44. The van der Waals surface area contributed by atoms with Gasteiger partial charge in [0.05, 0.1) is 20.3 Å². The van der Waals surface area contributed by atoms with E-state index in [2.05, 4.69) is 20.3 Å². The molecule has 3 aromatic rings. The molecule has 4 rings (SSSR count). The van der Waals surface area contributed by atoms with E-state index < -0.39 is 11.3 Å². The Hall–Kier alpha value is -3.46. The molecular weight excluding hydrogens is 374 g/mol. The average Bonchev–Trinajstić information content (AvgIpc) is 2.78. The van der Waals surface area contributed by atoms with Crippen LogP contribution in [0.5, 0.6) is 6.01 Å². The summed E-state index contributed by atoms with van der Waals surface area (Å²) in [5.74, 6) is 0.0889. The van der Waals surface area contributed by atoms with Crippen LogP contribution in [0.4, 0.5) is 5.82 Å². The number of hydrogen-bond acceptors (Lipinski definition) is 7. The molecule has 2 N–H and O–H groups in total. The number of aromatic nitrogens is 3. The smallest absolute Gasteiger partial charge is 0.318 e. The number of pyridine rings is 1. The highest BCUT2D eigenvalue weighted by molar-refractivity contribution is 5.98. The normalized spacial score (nSPS) is 14.0. The van der Waals surface area contributed by atoms with E-state index in [-0.39, 0.29) is 17.1 Å². The number of H-pyrrole nitrogens is 1. The molecule has 0 radical (unpaired) electrons. The Balaban J connectivity index is 1.69. The van der Waals surface area contributed by atoms with Crippen LogP contribution in [-0.2, 0) is 11.3 Å². The van der Waals surface area contributed by atoms with E-state index in [4.69, 9.17) is 9.47 Å². The van der Waals surface area contributed by atoms with Crippen molar-refractivity contribution >= 4 is 22.8 Å². The first-order valence-corrected chi connectivity index (χ1v) is 9.29. The molecule has 1 aliphatic rings. The predicted octanol–water partition coefficient (Wildman–Crippen LogP) is 1.09. The maximum atomic E-state index is 13.0. The second kappa shape index (κ2) is 8.27. The van der Waals surface area contributed by atoms with Crippen LogP contribution in [0.1, 0.15) is 15.9 Å². The molecule has 1 fully saturated rings. The molecule has 1 aromatic carbocycles. The third-order valence-electron chi connectivity index (χ3n) is 4.72. The monoisotopic (exact) mass is 395 g/mol. The Morgan fingerprint density at radius 2 is 2.00 bits per heavy atom. The number of fused-ring (bicyclic) bond motifs is 1. The third kappa shape index (κ3) is 3.90. The Bertz CT molecular complexity index is 1080. The molecule has 150 valence electrons. The minimum atomic E-state index is -0.473. The number of morpholine rings is 1. The van der Waals surface area contributed by atoms with Crippen LogP contribution in [-0.4, -0.2) is 54.3 Å². The van der Waals surface area contributed by atoms with Crippen LogP contribution >= 0.6 is 0 Å². The number of amides is 1. The van der Waals surface area contributed by atoms with E-state index in [1.807, 2.05) is 35.2 Å². The summed E-state index contributed by atoms with van der Waals surface area (Å²) in [4.78, 5) is 39.2. The number of methoxy groups -OCH3 is 1. The number of nitrogens with zero attached hydrogens (tertiary/aromatic N) is 3. The van der Waals surface area contributed by atoms with E-state index in [1.54, 1.807) is 0 Å². The van der Waals surface area contributed by atoms with Crippen molar-refractivity contribution in [3.05, 3.63) is 57.9 Å². The lowest BCUT2D eigenvalue weighted by Crippen LogP contribution is -2.37. The van der Waals surface area contributed by atoms with Gasteiger partial charge in [-0.3, -0.25) is 9.59 Å². The number of benzene rings is 1. The van der Waals surface area contributed by atoms with Gasteiger partial charge in [-0.1, -0.05) is 30.3 Å². The minimum Gasteiger partial charge on any atom is -0.467 e. The standard InChI is InChI=1S/C20H21N5O4/c1-28-20-23-15-16(18(24-20)25-7-9-29-10-8-25)21-12-14(17(15)26)19(27)22-11-13-5-3-2-4-6-13/h2-6,12H,7-11H2,1H3,(H,21,26)(H,22,27). The van der Waals surface area contributed by atoms with Crippen LogP contribution in [0.15, 0.2) is 41.3 Å². The topological polar surface area (TPSA) is 109 Å². The summed E-state index contributed by atoms with van der Waals surface area (Å²) >= 11 is 0. The maximum absolute atomic E-state index is 13.0. The summed E-state index contributed by atoms with van der Waals surface area (Å²) in [5, 5.41) is 2.77. The fourth-order valence-electron chi connectivity index (χ4n) is 3.20. The Kier molecular flexibility index (Phi) is 5.39. The van der Waals surface area contributed by atoms with Gasteiger partial charge in [0.1, 0.15) is 16.6 Å². The predicted molar refractivity (Wildman–Crippen MR) is 107 cm³/mol. The lowest BCUT2D eigenvalue weighted by atomic mass is 10.2. The van der Waals surface area contributed by atoms with Gasteiger partial charge in [-0.25, -0.2) is 0 Å². The number of anilines is 1. The van der Waals surface area contributed by atoms with Crippen molar-refractivity contribution in [3.63, 3.8) is 0 Å². The molecule has 0 bridgehead atoms. The van der Waals surface area contributed by atoms with E-state index >= 15 is 0 Å². The summed E-state index contributed by atoms with van der Waals surface area (Å²) in [5.41, 5.74) is 1.04. The van der Waals surface area contributed by atoms with Crippen molar-refractivity contribution in [3.8, 4) is 6.01 Å². The Labute approximate surface area is 166 Å². The van der Waals surface area contributed by atoms with Gasteiger partial charge in [0, 0.05) is 25.8 Å². The van der Waals surface area contributed by atoms with Crippen LogP contribution < -0.4 is 20.4 Å². The minimum absolute atomic E-state index is 0.0119. The van der Waals surface area contributed by atoms with Crippen molar-refractivity contribution in [2.75, 3.05) is 38.3 Å². The molecule has 1 saturated heterocycles. The average molecular weight is 395 g/mol. The summed E-state index contributed by atoms with van der Waals surface area (Å²) < 4.78 is 10.6. The molecule has 1 aliphatic heterocycles. The van der Waals surface area contributed by atoms with Gasteiger partial charge < -0.3 is 24.7 Å². The van der Waals surface area contributed by atoms with E-state index in [9.17, 15) is 9.59 Å². The molecule has 3 heterocycles. The molecular formula is C20H21N5O4. The van der Waals surface area contributed by atoms with Crippen molar-refractivity contribution in [2.45, 2.75) is 6.54 Å². The second-order valence-corrected chi connectivity index (χ2v) is 6.56. The zero-order valence-electron chi connectivity index (χ0n) is 16.0. The lowest BCUT2D eigenvalue weighted by Gasteiger charge is -2.28. The number of carbonyl (C=O) groups excluding carboxylic acids is 1. The van der Waals surface area contributed by atoms with Gasteiger partial charge in [-0.05, 0) is 5.56 Å². The fourth-order valence-corrected chi connectivity index (χ4v) is 3.20. The van der Waals surface area contributed by atoms with Gasteiger partial charge >= 0.3 is 6.01 Å². The van der Waals surface area contributed by atoms with Crippen LogP contribution in [0.25, 0.3) is 11.0 Å². The summed E-state index contributed by atoms with van der Waals surface area (Å²) in [6, 6.07) is 9.56. The van der Waals surface area contributed by atoms with Crippen molar-refractivity contribution < 1.29 is 14.3 Å². The molecule has 0 saturated carbocycles. The van der Waals surface area contributed by atoms with Gasteiger partial charge in [0.25, 0.3) is 5.91 Å². The number of ether oxygens (including phenoxy) is 2. The summed E-state index contributed by atoms with van der Waals surface area (Å²) in [6.45, 7) is 2.73.